The molecule has 0 radical (unpaired) electrons. The van der Waals surface area contributed by atoms with Crippen LogP contribution in [-0.2, 0) is 21.6 Å². The fourth-order valence-corrected chi connectivity index (χ4v) is 1.41. The van der Waals surface area contributed by atoms with E-state index < -0.39 is 12.0 Å². The molecule has 0 aliphatic rings. The molecular weight excluding hydrogens is 246 g/mol. The average Bonchev–Trinajstić information content (AvgIpc) is 2.27. The van der Waals surface area contributed by atoms with Crippen molar-refractivity contribution in [2.24, 2.45) is 0 Å². The third-order valence-electron chi connectivity index (χ3n) is 2.48. The van der Waals surface area contributed by atoms with E-state index in [0.717, 1.165) is 5.69 Å². The Morgan fingerprint density at radius 2 is 2.11 bits per heavy atom. The number of aliphatic carboxylic acids is 1. The van der Waals surface area contributed by atoms with Crippen LogP contribution in [0.4, 0.5) is 5.82 Å². The van der Waals surface area contributed by atoms with E-state index in [-0.39, 0.29) is 5.41 Å². The van der Waals surface area contributed by atoms with Gasteiger partial charge in [-0.15, -0.1) is 0 Å². The van der Waals surface area contributed by atoms with Crippen LogP contribution in [0.15, 0.2) is 6.07 Å². The molecule has 0 saturated carbocycles. The second kappa shape index (κ2) is 5.97. The summed E-state index contributed by atoms with van der Waals surface area (Å²) < 4.78 is 5.07. The van der Waals surface area contributed by atoms with Crippen molar-refractivity contribution < 1.29 is 14.6 Å². The molecule has 0 aromatic carbocycles. The van der Waals surface area contributed by atoms with Gasteiger partial charge in [-0.1, -0.05) is 20.8 Å². The number of ether oxygens (including phenoxy) is 1. The zero-order valence-corrected chi connectivity index (χ0v) is 12.0. The Morgan fingerprint density at radius 3 is 2.58 bits per heavy atom. The molecule has 6 nitrogen and oxygen atoms in total. The van der Waals surface area contributed by atoms with Crippen molar-refractivity contribution in [1.82, 2.24) is 9.97 Å². The minimum atomic E-state index is -0.927. The first-order chi connectivity index (χ1) is 8.74. The van der Waals surface area contributed by atoms with Gasteiger partial charge in [-0.05, 0) is 6.92 Å². The first-order valence-corrected chi connectivity index (χ1v) is 6.10. The normalized spacial score (nSPS) is 13.1. The highest BCUT2D eigenvalue weighted by Crippen LogP contribution is 2.21. The molecule has 0 spiro atoms. The van der Waals surface area contributed by atoms with Gasteiger partial charge in [0.05, 0.1) is 12.3 Å². The fourth-order valence-electron chi connectivity index (χ4n) is 1.41. The molecule has 1 aromatic rings. The van der Waals surface area contributed by atoms with Crippen molar-refractivity contribution in [1.29, 1.82) is 0 Å². The molecule has 0 aliphatic carbocycles. The van der Waals surface area contributed by atoms with Crippen LogP contribution in [0.2, 0.25) is 0 Å². The highest BCUT2D eigenvalue weighted by molar-refractivity contribution is 5.76. The lowest BCUT2D eigenvalue weighted by atomic mass is 9.95. The molecule has 1 rings (SSSR count). The molecule has 1 unspecified atom stereocenters. The Morgan fingerprint density at radius 1 is 1.47 bits per heavy atom. The van der Waals surface area contributed by atoms with E-state index in [1.807, 2.05) is 20.8 Å². The maximum Gasteiger partial charge on any atom is 0.325 e. The van der Waals surface area contributed by atoms with Crippen LogP contribution in [0.1, 0.15) is 39.2 Å². The molecule has 1 heterocycles. The molecule has 0 amide bonds. The van der Waals surface area contributed by atoms with E-state index in [9.17, 15) is 4.79 Å². The number of methoxy groups -OCH3 is 1. The quantitative estimate of drug-likeness (QED) is 0.846. The topological polar surface area (TPSA) is 84.3 Å². The molecule has 106 valence electrons. The van der Waals surface area contributed by atoms with Crippen molar-refractivity contribution in [2.75, 3.05) is 12.4 Å². The minimum Gasteiger partial charge on any atom is -0.480 e. The van der Waals surface area contributed by atoms with Crippen LogP contribution < -0.4 is 5.32 Å². The van der Waals surface area contributed by atoms with E-state index >= 15 is 0 Å². The predicted octanol–water partition coefficient (Wildman–Crippen LogP) is 1.81. The largest absolute Gasteiger partial charge is 0.480 e. The second-order valence-corrected chi connectivity index (χ2v) is 5.46. The molecular formula is C13H21N3O3. The minimum absolute atomic E-state index is 0.216. The zero-order chi connectivity index (χ0) is 14.6. The van der Waals surface area contributed by atoms with Crippen molar-refractivity contribution in [2.45, 2.75) is 45.8 Å². The Balaban J connectivity index is 3.09. The average molecular weight is 267 g/mol. The van der Waals surface area contributed by atoms with Gasteiger partial charge in [0.1, 0.15) is 17.7 Å². The van der Waals surface area contributed by atoms with Gasteiger partial charge in [-0.25, -0.2) is 9.97 Å². The first kappa shape index (κ1) is 15.4. The number of rotatable bonds is 5. The molecule has 1 aromatic heterocycles. The predicted molar refractivity (Wildman–Crippen MR) is 72.2 cm³/mol. The summed E-state index contributed by atoms with van der Waals surface area (Å²) >= 11 is 0. The van der Waals surface area contributed by atoms with Crippen molar-refractivity contribution >= 4 is 11.8 Å². The number of carbonyl (C=O) groups is 1. The third-order valence-corrected chi connectivity index (χ3v) is 2.48. The van der Waals surface area contributed by atoms with Crippen LogP contribution in [0.25, 0.3) is 0 Å². The van der Waals surface area contributed by atoms with Gasteiger partial charge >= 0.3 is 5.97 Å². The van der Waals surface area contributed by atoms with E-state index in [4.69, 9.17) is 9.84 Å². The highest BCUT2D eigenvalue weighted by atomic mass is 16.5. The van der Waals surface area contributed by atoms with E-state index in [1.54, 1.807) is 20.1 Å². The van der Waals surface area contributed by atoms with Gasteiger partial charge in [0, 0.05) is 18.6 Å². The van der Waals surface area contributed by atoms with Crippen molar-refractivity contribution in [3.8, 4) is 0 Å². The number of nitrogens with zero attached hydrogens (tertiary/aromatic N) is 2. The lowest BCUT2D eigenvalue weighted by Gasteiger charge is -2.19. The number of aromatic nitrogens is 2. The summed E-state index contributed by atoms with van der Waals surface area (Å²) in [5.74, 6) is 0.230. The van der Waals surface area contributed by atoms with Crippen LogP contribution in [0.3, 0.4) is 0 Å². The number of nitrogens with one attached hydrogen (secondary N) is 1. The second-order valence-electron chi connectivity index (χ2n) is 5.46. The Bertz CT molecular complexity index is 455. The summed E-state index contributed by atoms with van der Waals surface area (Å²) in [6.45, 7) is 7.94. The summed E-state index contributed by atoms with van der Waals surface area (Å²) in [5, 5.41) is 11.8. The van der Waals surface area contributed by atoms with Gasteiger partial charge in [0.25, 0.3) is 0 Å². The Hall–Kier alpha value is -1.69. The molecule has 6 heteroatoms. The van der Waals surface area contributed by atoms with Gasteiger partial charge in [-0.2, -0.15) is 0 Å². The lowest BCUT2D eigenvalue weighted by Crippen LogP contribution is -2.27. The van der Waals surface area contributed by atoms with Crippen molar-refractivity contribution in [3.05, 3.63) is 17.6 Å². The molecule has 1 atom stereocenters. The molecule has 0 saturated heterocycles. The molecule has 0 bridgehead atoms. The summed E-state index contributed by atoms with van der Waals surface area (Å²) in [6.07, 6.45) is 0. The molecule has 0 fully saturated rings. The van der Waals surface area contributed by atoms with E-state index in [0.29, 0.717) is 18.2 Å². The SMILES string of the molecule is COCc1cc(NC(C)C(=O)O)nc(C(C)(C)C)n1. The van der Waals surface area contributed by atoms with E-state index in [2.05, 4.69) is 15.3 Å². The van der Waals surface area contributed by atoms with Crippen molar-refractivity contribution in [3.63, 3.8) is 0 Å². The van der Waals surface area contributed by atoms with Crippen LogP contribution in [0.5, 0.6) is 0 Å². The molecule has 2 N–H and O–H groups in total. The van der Waals surface area contributed by atoms with Crippen LogP contribution >= 0.6 is 0 Å². The number of anilines is 1. The van der Waals surface area contributed by atoms with Crippen LogP contribution in [0, 0.1) is 0 Å². The Kier molecular flexibility index (Phi) is 4.83. The third kappa shape index (κ3) is 4.48. The summed E-state index contributed by atoms with van der Waals surface area (Å²) in [7, 11) is 1.59. The highest BCUT2D eigenvalue weighted by Gasteiger charge is 2.20. The molecule has 0 aliphatic heterocycles. The fraction of sp³-hybridized carbons (Fsp3) is 0.615. The maximum absolute atomic E-state index is 10.9. The summed E-state index contributed by atoms with van der Waals surface area (Å²) in [6, 6.07) is 0.996. The van der Waals surface area contributed by atoms with Gasteiger partial charge in [0.15, 0.2) is 0 Å². The number of carboxylic acids is 1. The zero-order valence-electron chi connectivity index (χ0n) is 12.0. The lowest BCUT2D eigenvalue weighted by molar-refractivity contribution is -0.137. The van der Waals surface area contributed by atoms with Crippen LogP contribution in [-0.4, -0.2) is 34.2 Å². The monoisotopic (exact) mass is 267 g/mol. The molecule has 19 heavy (non-hydrogen) atoms. The smallest absolute Gasteiger partial charge is 0.325 e. The van der Waals surface area contributed by atoms with E-state index in [1.165, 1.54) is 0 Å². The number of carboxylic acid groups (broad SMARTS) is 1. The standard InChI is InChI=1S/C13H21N3O3/c1-8(11(17)18)14-10-6-9(7-19-5)15-12(16-10)13(2,3)4/h6,8H,7H2,1-5H3,(H,17,18)(H,14,15,16). The summed E-state index contributed by atoms with van der Waals surface area (Å²) in [4.78, 5) is 19.7. The van der Waals surface area contributed by atoms with Gasteiger partial charge in [0.2, 0.25) is 0 Å². The van der Waals surface area contributed by atoms with Gasteiger partial charge in [-0.3, -0.25) is 4.79 Å². The number of hydrogen-bond acceptors (Lipinski definition) is 5. The first-order valence-electron chi connectivity index (χ1n) is 6.10. The number of hydrogen-bond donors (Lipinski definition) is 2. The Labute approximate surface area is 113 Å². The summed E-state index contributed by atoms with van der Waals surface area (Å²) in [5.41, 5.74) is 0.509. The van der Waals surface area contributed by atoms with Gasteiger partial charge < -0.3 is 15.2 Å². The maximum atomic E-state index is 10.9.